The highest BCUT2D eigenvalue weighted by molar-refractivity contribution is 7.07. The number of aromatic amines is 1. The standard InChI is InChI=1S/C23H15FN2O3S/c24-15-3-6-17-18-10-20(23(27)28)26-21(22(18)25-19(17)9-15)14-1-4-16(5-2-14)29-11-13-7-8-30-12-13/h1-10,12,25H,11H2,(H,27,28). The number of aromatic nitrogens is 2. The Morgan fingerprint density at radius 1 is 1.10 bits per heavy atom. The summed E-state index contributed by atoms with van der Waals surface area (Å²) in [6.07, 6.45) is 0. The topological polar surface area (TPSA) is 75.2 Å². The van der Waals surface area contributed by atoms with Crippen molar-refractivity contribution in [3.8, 4) is 17.0 Å². The number of hydrogen-bond acceptors (Lipinski definition) is 4. The molecule has 2 N–H and O–H groups in total. The predicted molar refractivity (Wildman–Crippen MR) is 115 cm³/mol. The average Bonchev–Trinajstić information content (AvgIpc) is 3.39. The van der Waals surface area contributed by atoms with Crippen LogP contribution in [-0.4, -0.2) is 21.0 Å². The van der Waals surface area contributed by atoms with Gasteiger partial charge in [-0.05, 0) is 70.9 Å². The van der Waals surface area contributed by atoms with E-state index in [1.54, 1.807) is 17.4 Å². The van der Waals surface area contributed by atoms with Crippen molar-refractivity contribution in [3.63, 3.8) is 0 Å². The highest BCUT2D eigenvalue weighted by Gasteiger charge is 2.17. The number of pyridine rings is 1. The van der Waals surface area contributed by atoms with E-state index in [0.29, 0.717) is 34.5 Å². The monoisotopic (exact) mass is 418 g/mol. The maximum absolute atomic E-state index is 13.7. The minimum absolute atomic E-state index is 0.0690. The lowest BCUT2D eigenvalue weighted by Gasteiger charge is -2.08. The van der Waals surface area contributed by atoms with E-state index in [0.717, 1.165) is 16.5 Å². The van der Waals surface area contributed by atoms with Gasteiger partial charge in [-0.3, -0.25) is 0 Å². The summed E-state index contributed by atoms with van der Waals surface area (Å²) in [5.41, 5.74) is 3.51. The molecule has 0 atom stereocenters. The molecule has 0 aliphatic heterocycles. The number of nitrogens with one attached hydrogen (secondary N) is 1. The van der Waals surface area contributed by atoms with Crippen LogP contribution in [-0.2, 0) is 6.61 Å². The second-order valence-electron chi connectivity index (χ2n) is 6.84. The Labute approximate surface area is 174 Å². The summed E-state index contributed by atoms with van der Waals surface area (Å²) in [5, 5.41) is 15.0. The van der Waals surface area contributed by atoms with Gasteiger partial charge in [0.25, 0.3) is 0 Å². The number of fused-ring (bicyclic) bond motifs is 3. The third-order valence-electron chi connectivity index (χ3n) is 4.88. The first-order valence-electron chi connectivity index (χ1n) is 9.18. The fourth-order valence-electron chi connectivity index (χ4n) is 3.44. The molecule has 0 aliphatic carbocycles. The second-order valence-corrected chi connectivity index (χ2v) is 7.62. The number of hydrogen-bond donors (Lipinski definition) is 2. The molecule has 0 spiro atoms. The highest BCUT2D eigenvalue weighted by Crippen LogP contribution is 2.33. The summed E-state index contributed by atoms with van der Waals surface area (Å²) in [7, 11) is 0. The molecule has 3 aromatic heterocycles. The van der Waals surface area contributed by atoms with Crippen LogP contribution in [0, 0.1) is 5.82 Å². The number of carboxylic acids is 1. The fourth-order valence-corrected chi connectivity index (χ4v) is 4.10. The van der Waals surface area contributed by atoms with Crippen molar-refractivity contribution in [2.45, 2.75) is 6.61 Å². The van der Waals surface area contributed by atoms with Gasteiger partial charge in [0.1, 0.15) is 23.9 Å². The molecule has 0 amide bonds. The molecule has 7 heteroatoms. The van der Waals surface area contributed by atoms with E-state index in [1.807, 2.05) is 41.1 Å². The first-order valence-corrected chi connectivity index (χ1v) is 10.1. The predicted octanol–water partition coefficient (Wildman–Crippen LogP) is 5.86. The Morgan fingerprint density at radius 2 is 1.93 bits per heavy atom. The molecule has 0 bridgehead atoms. The first-order chi connectivity index (χ1) is 14.6. The van der Waals surface area contributed by atoms with Gasteiger partial charge >= 0.3 is 5.97 Å². The normalized spacial score (nSPS) is 11.2. The Kier molecular flexibility index (Phi) is 4.44. The van der Waals surface area contributed by atoms with Gasteiger partial charge in [-0.1, -0.05) is 0 Å². The summed E-state index contributed by atoms with van der Waals surface area (Å²) in [5.74, 6) is -0.784. The second kappa shape index (κ2) is 7.27. The van der Waals surface area contributed by atoms with Crippen LogP contribution in [0.5, 0.6) is 5.75 Å². The maximum Gasteiger partial charge on any atom is 0.354 e. The molecule has 5 rings (SSSR count). The molecule has 0 fully saturated rings. The van der Waals surface area contributed by atoms with E-state index in [9.17, 15) is 14.3 Å². The van der Waals surface area contributed by atoms with Crippen molar-refractivity contribution >= 4 is 39.1 Å². The number of thiophene rings is 1. The zero-order valence-corrected chi connectivity index (χ0v) is 16.4. The number of halogens is 1. The van der Waals surface area contributed by atoms with Crippen LogP contribution in [0.25, 0.3) is 33.1 Å². The SMILES string of the molecule is O=C(O)c1cc2c([nH]c3cc(F)ccc32)c(-c2ccc(OCc3ccsc3)cc2)n1. The molecule has 5 nitrogen and oxygen atoms in total. The first kappa shape index (κ1) is 18.3. The van der Waals surface area contributed by atoms with Crippen LogP contribution < -0.4 is 4.74 Å². The summed E-state index contributed by atoms with van der Waals surface area (Å²) in [4.78, 5) is 19.2. The number of carbonyl (C=O) groups is 1. The molecule has 148 valence electrons. The van der Waals surface area contributed by atoms with Gasteiger partial charge in [0, 0.05) is 21.9 Å². The number of rotatable bonds is 5. The number of ether oxygens (including phenoxy) is 1. The van der Waals surface area contributed by atoms with E-state index < -0.39 is 5.97 Å². The maximum atomic E-state index is 13.7. The van der Waals surface area contributed by atoms with E-state index in [1.165, 1.54) is 18.2 Å². The van der Waals surface area contributed by atoms with Crippen LogP contribution in [0.15, 0.2) is 65.4 Å². The number of nitrogens with zero attached hydrogens (tertiary/aromatic N) is 1. The van der Waals surface area contributed by atoms with E-state index >= 15 is 0 Å². The Hall–Kier alpha value is -3.71. The van der Waals surface area contributed by atoms with Gasteiger partial charge < -0.3 is 14.8 Å². The minimum atomic E-state index is -1.12. The zero-order chi connectivity index (χ0) is 20.7. The fraction of sp³-hybridized carbons (Fsp3) is 0.0435. The van der Waals surface area contributed by atoms with Gasteiger partial charge in [-0.15, -0.1) is 0 Å². The molecule has 3 heterocycles. The number of aromatic carboxylic acids is 1. The molecule has 2 aromatic carbocycles. The van der Waals surface area contributed by atoms with Crippen LogP contribution in [0.4, 0.5) is 4.39 Å². The Balaban J connectivity index is 1.58. The largest absolute Gasteiger partial charge is 0.489 e. The van der Waals surface area contributed by atoms with Gasteiger partial charge in [0.05, 0.1) is 11.2 Å². The third-order valence-corrected chi connectivity index (χ3v) is 5.62. The van der Waals surface area contributed by atoms with Gasteiger partial charge in [-0.2, -0.15) is 11.3 Å². The Morgan fingerprint density at radius 3 is 2.67 bits per heavy atom. The quantitative estimate of drug-likeness (QED) is 0.375. The van der Waals surface area contributed by atoms with Crippen molar-refractivity contribution < 1.29 is 19.0 Å². The lowest BCUT2D eigenvalue weighted by atomic mass is 10.1. The molecular weight excluding hydrogens is 403 g/mol. The van der Waals surface area contributed by atoms with Gasteiger partial charge in [0.15, 0.2) is 0 Å². The summed E-state index contributed by atoms with van der Waals surface area (Å²) in [6, 6.07) is 15.2. The van der Waals surface area contributed by atoms with Gasteiger partial charge in [0.2, 0.25) is 0 Å². The number of carboxylic acid groups (broad SMARTS) is 1. The number of H-pyrrole nitrogens is 1. The summed E-state index contributed by atoms with van der Waals surface area (Å²) in [6.45, 7) is 0.480. The molecule has 0 saturated carbocycles. The average molecular weight is 418 g/mol. The highest BCUT2D eigenvalue weighted by atomic mass is 32.1. The summed E-state index contributed by atoms with van der Waals surface area (Å²) >= 11 is 1.62. The molecule has 0 unspecified atom stereocenters. The van der Waals surface area contributed by atoms with Crippen molar-refractivity contribution in [2.75, 3.05) is 0 Å². The molecule has 5 aromatic rings. The molecule has 0 aliphatic rings. The van der Waals surface area contributed by atoms with E-state index in [2.05, 4.69) is 9.97 Å². The van der Waals surface area contributed by atoms with Crippen molar-refractivity contribution in [2.24, 2.45) is 0 Å². The molecule has 0 radical (unpaired) electrons. The van der Waals surface area contributed by atoms with Crippen molar-refractivity contribution in [3.05, 3.63) is 82.4 Å². The summed E-state index contributed by atoms with van der Waals surface area (Å²) < 4.78 is 19.5. The van der Waals surface area contributed by atoms with Crippen LogP contribution in [0.1, 0.15) is 16.1 Å². The number of benzene rings is 2. The van der Waals surface area contributed by atoms with Crippen molar-refractivity contribution in [1.29, 1.82) is 0 Å². The smallest absolute Gasteiger partial charge is 0.354 e. The van der Waals surface area contributed by atoms with Crippen LogP contribution in [0.3, 0.4) is 0 Å². The third kappa shape index (κ3) is 3.29. The molecular formula is C23H15FN2O3S. The molecule has 30 heavy (non-hydrogen) atoms. The minimum Gasteiger partial charge on any atom is -0.489 e. The Bertz CT molecular complexity index is 1380. The van der Waals surface area contributed by atoms with E-state index in [4.69, 9.17) is 4.74 Å². The lowest BCUT2D eigenvalue weighted by molar-refractivity contribution is 0.0691. The van der Waals surface area contributed by atoms with Crippen molar-refractivity contribution in [1.82, 2.24) is 9.97 Å². The zero-order valence-electron chi connectivity index (χ0n) is 15.6. The van der Waals surface area contributed by atoms with Crippen LogP contribution >= 0.6 is 11.3 Å². The van der Waals surface area contributed by atoms with Crippen LogP contribution in [0.2, 0.25) is 0 Å². The molecule has 0 saturated heterocycles. The van der Waals surface area contributed by atoms with E-state index in [-0.39, 0.29) is 11.5 Å². The van der Waals surface area contributed by atoms with Gasteiger partial charge in [-0.25, -0.2) is 14.2 Å². The lowest BCUT2D eigenvalue weighted by Crippen LogP contribution is -2.01.